The maximum Gasteiger partial charge on any atom is 0.267 e. The summed E-state index contributed by atoms with van der Waals surface area (Å²) in [7, 11) is 0. The number of halogens is 1. The van der Waals surface area contributed by atoms with Crippen molar-refractivity contribution in [1.29, 1.82) is 5.26 Å². The predicted molar refractivity (Wildman–Crippen MR) is 88.7 cm³/mol. The van der Waals surface area contributed by atoms with Gasteiger partial charge in [0.2, 0.25) is 0 Å². The number of nitrogens with zero attached hydrogens (tertiary/aromatic N) is 1. The maximum atomic E-state index is 12.0. The van der Waals surface area contributed by atoms with Crippen LogP contribution >= 0.6 is 11.6 Å². The Bertz CT molecular complexity index is 764. The van der Waals surface area contributed by atoms with Crippen LogP contribution in [0.3, 0.4) is 0 Å². The zero-order valence-electron chi connectivity index (χ0n) is 12.1. The minimum absolute atomic E-state index is 0.0627. The summed E-state index contributed by atoms with van der Waals surface area (Å²) < 4.78 is 0. The summed E-state index contributed by atoms with van der Waals surface area (Å²) in [5, 5.41) is 24.7. The molecule has 116 valence electrons. The Morgan fingerprint density at radius 2 is 1.91 bits per heavy atom. The highest BCUT2D eigenvalue weighted by Crippen LogP contribution is 2.21. The molecule has 0 unspecified atom stereocenters. The van der Waals surface area contributed by atoms with Crippen molar-refractivity contribution in [3.63, 3.8) is 0 Å². The minimum atomic E-state index is -0.599. The zero-order chi connectivity index (χ0) is 16.7. The molecule has 0 aromatic heterocycles. The van der Waals surface area contributed by atoms with Gasteiger partial charge in [0, 0.05) is 17.8 Å². The van der Waals surface area contributed by atoms with Crippen LogP contribution in [0.15, 0.2) is 60.3 Å². The summed E-state index contributed by atoms with van der Waals surface area (Å²) in [5.41, 5.74) is 1.11. The van der Waals surface area contributed by atoms with E-state index in [2.05, 4.69) is 10.6 Å². The number of benzene rings is 2. The zero-order valence-corrected chi connectivity index (χ0v) is 12.8. The normalized spacial score (nSPS) is 10.7. The Balaban J connectivity index is 1.98. The van der Waals surface area contributed by atoms with Crippen LogP contribution < -0.4 is 10.6 Å². The van der Waals surface area contributed by atoms with Crippen molar-refractivity contribution in [3.05, 3.63) is 70.9 Å². The van der Waals surface area contributed by atoms with Gasteiger partial charge in [0.15, 0.2) is 0 Å². The molecular formula is C17H14ClN3O2. The van der Waals surface area contributed by atoms with Crippen molar-refractivity contribution < 1.29 is 9.90 Å². The third-order valence-corrected chi connectivity index (χ3v) is 3.24. The van der Waals surface area contributed by atoms with Gasteiger partial charge >= 0.3 is 0 Å². The quantitative estimate of drug-likeness (QED) is 0.447. The number of carbonyl (C=O) groups is 1. The number of phenols is 1. The minimum Gasteiger partial charge on any atom is -0.506 e. The molecule has 3 N–H and O–H groups in total. The predicted octanol–water partition coefficient (Wildman–Crippen LogP) is 3.18. The Labute approximate surface area is 138 Å². The molecule has 2 aromatic carbocycles. The molecule has 0 aliphatic carbocycles. The fraction of sp³-hybridized carbons (Fsp3) is 0.0588. The van der Waals surface area contributed by atoms with Gasteiger partial charge in [-0.1, -0.05) is 35.9 Å². The lowest BCUT2D eigenvalue weighted by atomic mass is 10.2. The smallest absolute Gasteiger partial charge is 0.267 e. The number of para-hydroxylation sites is 2. The highest BCUT2D eigenvalue weighted by molar-refractivity contribution is 6.30. The molecule has 0 aliphatic heterocycles. The van der Waals surface area contributed by atoms with Gasteiger partial charge in [0.1, 0.15) is 17.4 Å². The number of nitrogens with one attached hydrogen (secondary N) is 2. The SMILES string of the molecule is N#C/C(=C/NCc1ccc(Cl)cc1)C(=O)Nc1ccccc1O. The monoisotopic (exact) mass is 327 g/mol. The lowest BCUT2D eigenvalue weighted by Gasteiger charge is -2.07. The van der Waals surface area contributed by atoms with Crippen molar-refractivity contribution in [2.24, 2.45) is 0 Å². The first-order valence-corrected chi connectivity index (χ1v) is 7.15. The summed E-state index contributed by atoms with van der Waals surface area (Å²) in [6.07, 6.45) is 1.34. The van der Waals surface area contributed by atoms with Crippen molar-refractivity contribution >= 4 is 23.2 Å². The van der Waals surface area contributed by atoms with Gasteiger partial charge in [-0.15, -0.1) is 0 Å². The van der Waals surface area contributed by atoms with Crippen LogP contribution in [0.1, 0.15) is 5.56 Å². The number of amides is 1. The highest BCUT2D eigenvalue weighted by Gasteiger charge is 2.11. The molecule has 5 nitrogen and oxygen atoms in total. The number of hydrogen-bond acceptors (Lipinski definition) is 4. The highest BCUT2D eigenvalue weighted by atomic mass is 35.5. The van der Waals surface area contributed by atoms with Gasteiger partial charge in [-0.25, -0.2) is 0 Å². The topological polar surface area (TPSA) is 85.2 Å². The Kier molecular flexibility index (Phi) is 5.61. The standard InChI is InChI=1S/C17H14ClN3O2/c18-14-7-5-12(6-8-14)10-20-11-13(9-19)17(23)21-15-3-1-2-4-16(15)22/h1-8,11,20,22H,10H2,(H,21,23)/b13-11-. The first-order chi connectivity index (χ1) is 11.1. The molecule has 0 spiro atoms. The third-order valence-electron chi connectivity index (χ3n) is 2.98. The second-order valence-corrected chi connectivity index (χ2v) is 5.08. The molecule has 2 rings (SSSR count). The largest absolute Gasteiger partial charge is 0.506 e. The lowest BCUT2D eigenvalue weighted by molar-refractivity contribution is -0.112. The van der Waals surface area contributed by atoms with E-state index in [-0.39, 0.29) is 17.0 Å². The summed E-state index contributed by atoms with van der Waals surface area (Å²) in [5.74, 6) is -0.662. The summed E-state index contributed by atoms with van der Waals surface area (Å²) in [6.45, 7) is 0.451. The fourth-order valence-electron chi connectivity index (χ4n) is 1.79. The average Bonchev–Trinajstić information content (AvgIpc) is 2.55. The van der Waals surface area contributed by atoms with Crippen LogP contribution in [0.5, 0.6) is 5.75 Å². The van der Waals surface area contributed by atoms with Crippen LogP contribution in [0.2, 0.25) is 5.02 Å². The third kappa shape index (κ3) is 4.77. The number of aromatic hydroxyl groups is 1. The van der Waals surface area contributed by atoms with Crippen LogP contribution in [-0.4, -0.2) is 11.0 Å². The van der Waals surface area contributed by atoms with Crippen LogP contribution in [0.25, 0.3) is 0 Å². The van der Waals surface area contributed by atoms with Crippen LogP contribution in [0, 0.1) is 11.3 Å². The maximum absolute atomic E-state index is 12.0. The van der Waals surface area contributed by atoms with Crippen molar-refractivity contribution in [2.45, 2.75) is 6.54 Å². The van der Waals surface area contributed by atoms with Crippen molar-refractivity contribution in [2.75, 3.05) is 5.32 Å². The first-order valence-electron chi connectivity index (χ1n) is 6.77. The number of hydrogen-bond donors (Lipinski definition) is 3. The van der Waals surface area contributed by atoms with E-state index in [1.165, 1.54) is 12.3 Å². The Hall–Kier alpha value is -2.97. The van der Waals surface area contributed by atoms with Gasteiger partial charge in [-0.2, -0.15) is 5.26 Å². The molecule has 0 radical (unpaired) electrons. The van der Waals surface area contributed by atoms with Gasteiger partial charge < -0.3 is 15.7 Å². The summed E-state index contributed by atoms with van der Waals surface area (Å²) in [6, 6.07) is 15.3. The van der Waals surface area contributed by atoms with Gasteiger partial charge in [0.05, 0.1) is 5.69 Å². The molecule has 6 heteroatoms. The van der Waals surface area contributed by atoms with Crippen molar-refractivity contribution in [3.8, 4) is 11.8 Å². The number of rotatable bonds is 5. The van der Waals surface area contributed by atoms with E-state index >= 15 is 0 Å². The Morgan fingerprint density at radius 3 is 2.57 bits per heavy atom. The fourth-order valence-corrected chi connectivity index (χ4v) is 1.92. The number of nitriles is 1. The molecule has 0 aliphatic rings. The number of anilines is 1. The van der Waals surface area contributed by atoms with Crippen molar-refractivity contribution in [1.82, 2.24) is 5.32 Å². The molecule has 0 saturated heterocycles. The molecule has 2 aromatic rings. The number of carbonyl (C=O) groups excluding carboxylic acids is 1. The molecule has 0 fully saturated rings. The van der Waals surface area contributed by atoms with E-state index in [1.807, 2.05) is 18.2 Å². The molecule has 0 bridgehead atoms. The van der Waals surface area contributed by atoms with Crippen LogP contribution in [-0.2, 0) is 11.3 Å². The summed E-state index contributed by atoms with van der Waals surface area (Å²) >= 11 is 5.80. The van der Waals surface area contributed by atoms with Crippen LogP contribution in [0.4, 0.5) is 5.69 Å². The van der Waals surface area contributed by atoms with E-state index in [0.29, 0.717) is 11.6 Å². The summed E-state index contributed by atoms with van der Waals surface area (Å²) in [4.78, 5) is 12.0. The van der Waals surface area contributed by atoms with Gasteiger partial charge in [-0.05, 0) is 29.8 Å². The second kappa shape index (κ2) is 7.87. The first kappa shape index (κ1) is 16.4. The number of phenolic OH excluding ortho intramolecular Hbond substituents is 1. The average molecular weight is 328 g/mol. The molecular weight excluding hydrogens is 314 g/mol. The second-order valence-electron chi connectivity index (χ2n) is 4.65. The lowest BCUT2D eigenvalue weighted by Crippen LogP contribution is -2.16. The van der Waals surface area contributed by atoms with E-state index in [9.17, 15) is 9.90 Å². The van der Waals surface area contributed by atoms with E-state index in [4.69, 9.17) is 16.9 Å². The van der Waals surface area contributed by atoms with Gasteiger partial charge in [-0.3, -0.25) is 4.79 Å². The van der Waals surface area contributed by atoms with E-state index in [0.717, 1.165) is 5.56 Å². The van der Waals surface area contributed by atoms with E-state index < -0.39 is 5.91 Å². The molecule has 1 amide bonds. The van der Waals surface area contributed by atoms with E-state index in [1.54, 1.807) is 30.3 Å². The molecule has 0 atom stereocenters. The van der Waals surface area contributed by atoms with Gasteiger partial charge in [0.25, 0.3) is 5.91 Å². The molecule has 0 saturated carbocycles. The molecule has 23 heavy (non-hydrogen) atoms. The molecule has 0 heterocycles. The Morgan fingerprint density at radius 1 is 1.22 bits per heavy atom.